The number of nitrogens with zero attached hydrogens (tertiary/aromatic N) is 4. The van der Waals surface area contributed by atoms with Gasteiger partial charge in [-0.1, -0.05) is 58.0 Å². The molecule has 1 aliphatic rings. The molecule has 0 N–H and O–H groups in total. The van der Waals surface area contributed by atoms with Crippen LogP contribution in [-0.4, -0.2) is 51.8 Å². The molecule has 0 aliphatic carbocycles. The number of allylic oxidation sites excluding steroid dienone is 1. The van der Waals surface area contributed by atoms with Crippen molar-refractivity contribution >= 4 is 22.1 Å². The Balaban J connectivity index is 1.94. The fourth-order valence-corrected chi connectivity index (χ4v) is 5.89. The summed E-state index contributed by atoms with van der Waals surface area (Å²) in [5.74, 6) is 1.27. The first-order chi connectivity index (χ1) is 14.1. The van der Waals surface area contributed by atoms with Crippen LogP contribution in [0.25, 0.3) is 11.4 Å². The van der Waals surface area contributed by atoms with E-state index < -0.39 is 9.84 Å². The number of aromatic nitrogens is 3. The van der Waals surface area contributed by atoms with Crippen LogP contribution in [0.5, 0.6) is 0 Å². The molecular formula is C22H32N4O2S2. The fraction of sp³-hybridized carbons (Fsp3) is 0.545. The molecule has 1 aliphatic heterocycles. The smallest absolute Gasteiger partial charge is 0.199 e. The zero-order valence-electron chi connectivity index (χ0n) is 18.3. The SMILES string of the molecule is C=CCn1c(-c2ccc(C(C)(C)C)cc2)nn(CN(CC)C2CCS(=O)(=O)C2)c1=S. The summed E-state index contributed by atoms with van der Waals surface area (Å²) in [6.45, 7) is 14.3. The van der Waals surface area contributed by atoms with Crippen LogP contribution >= 0.6 is 12.2 Å². The van der Waals surface area contributed by atoms with E-state index in [9.17, 15) is 8.42 Å². The third kappa shape index (κ3) is 4.92. The highest BCUT2D eigenvalue weighted by atomic mass is 32.2. The minimum absolute atomic E-state index is 0.0148. The zero-order chi connectivity index (χ0) is 22.1. The van der Waals surface area contributed by atoms with Crippen LogP contribution in [0.4, 0.5) is 0 Å². The van der Waals surface area contributed by atoms with Gasteiger partial charge in [-0.25, -0.2) is 13.1 Å². The van der Waals surface area contributed by atoms with Gasteiger partial charge in [0, 0.05) is 18.2 Å². The molecule has 1 aromatic carbocycles. The average Bonchev–Trinajstić information content (AvgIpc) is 3.19. The van der Waals surface area contributed by atoms with Gasteiger partial charge in [0.2, 0.25) is 0 Å². The number of rotatable bonds is 7. The zero-order valence-corrected chi connectivity index (χ0v) is 20.0. The Morgan fingerprint density at radius 3 is 2.47 bits per heavy atom. The molecule has 1 unspecified atom stereocenters. The van der Waals surface area contributed by atoms with E-state index in [1.54, 1.807) is 4.68 Å². The van der Waals surface area contributed by atoms with Gasteiger partial charge in [-0.2, -0.15) is 5.10 Å². The van der Waals surface area contributed by atoms with Gasteiger partial charge in [-0.05, 0) is 36.2 Å². The molecule has 2 aromatic rings. The minimum Gasteiger partial charge on any atom is -0.296 e. The third-order valence-electron chi connectivity index (χ3n) is 5.69. The fourth-order valence-electron chi connectivity index (χ4n) is 3.87. The van der Waals surface area contributed by atoms with Crippen LogP contribution in [0.15, 0.2) is 36.9 Å². The Morgan fingerprint density at radius 2 is 1.97 bits per heavy atom. The minimum atomic E-state index is -2.94. The molecule has 164 valence electrons. The number of sulfone groups is 1. The van der Waals surface area contributed by atoms with Crippen molar-refractivity contribution in [1.29, 1.82) is 0 Å². The van der Waals surface area contributed by atoms with E-state index in [1.165, 1.54) is 5.56 Å². The van der Waals surface area contributed by atoms with Gasteiger partial charge in [0.1, 0.15) is 0 Å². The van der Waals surface area contributed by atoms with Crippen molar-refractivity contribution in [3.05, 3.63) is 47.3 Å². The Hall–Kier alpha value is -1.77. The molecule has 1 atom stereocenters. The molecule has 8 heteroatoms. The quantitative estimate of drug-likeness (QED) is 0.473. The van der Waals surface area contributed by atoms with Crippen LogP contribution in [-0.2, 0) is 28.5 Å². The van der Waals surface area contributed by atoms with E-state index in [-0.39, 0.29) is 23.0 Å². The van der Waals surface area contributed by atoms with E-state index in [0.29, 0.717) is 24.4 Å². The Kier molecular flexibility index (Phi) is 6.69. The van der Waals surface area contributed by atoms with Crippen LogP contribution in [0.1, 0.15) is 39.7 Å². The second-order valence-corrected chi connectivity index (χ2v) is 11.5. The maximum absolute atomic E-state index is 11.9. The lowest BCUT2D eigenvalue weighted by Crippen LogP contribution is -2.37. The highest BCUT2D eigenvalue weighted by molar-refractivity contribution is 7.91. The molecule has 0 bridgehead atoms. The molecule has 1 fully saturated rings. The second-order valence-electron chi connectivity index (χ2n) is 8.94. The first-order valence-electron chi connectivity index (χ1n) is 10.4. The number of hydrogen-bond donors (Lipinski definition) is 0. The predicted octanol–water partition coefficient (Wildman–Crippen LogP) is 4.03. The van der Waals surface area contributed by atoms with Crippen molar-refractivity contribution in [2.75, 3.05) is 18.1 Å². The summed E-state index contributed by atoms with van der Waals surface area (Å²) in [6, 6.07) is 8.46. The first-order valence-corrected chi connectivity index (χ1v) is 12.6. The van der Waals surface area contributed by atoms with E-state index in [1.807, 2.05) is 17.6 Å². The summed E-state index contributed by atoms with van der Waals surface area (Å²) < 4.78 is 28.2. The molecule has 0 radical (unpaired) electrons. The molecule has 30 heavy (non-hydrogen) atoms. The summed E-state index contributed by atoms with van der Waals surface area (Å²) in [7, 11) is -2.94. The summed E-state index contributed by atoms with van der Waals surface area (Å²) in [5.41, 5.74) is 2.35. The van der Waals surface area contributed by atoms with Gasteiger partial charge in [-0.3, -0.25) is 9.47 Å². The number of hydrogen-bond acceptors (Lipinski definition) is 5. The van der Waals surface area contributed by atoms with Gasteiger partial charge >= 0.3 is 0 Å². The van der Waals surface area contributed by atoms with Crippen LogP contribution < -0.4 is 0 Å². The summed E-state index contributed by atoms with van der Waals surface area (Å²) in [5, 5.41) is 4.82. The summed E-state index contributed by atoms with van der Waals surface area (Å²) in [6.07, 6.45) is 2.48. The monoisotopic (exact) mass is 448 g/mol. The second kappa shape index (κ2) is 8.77. The lowest BCUT2D eigenvalue weighted by molar-refractivity contribution is 0.164. The van der Waals surface area contributed by atoms with Gasteiger partial charge < -0.3 is 0 Å². The third-order valence-corrected chi connectivity index (χ3v) is 7.87. The summed E-state index contributed by atoms with van der Waals surface area (Å²) >= 11 is 5.72. The Labute approximate surface area is 185 Å². The predicted molar refractivity (Wildman–Crippen MR) is 125 cm³/mol. The molecule has 0 amide bonds. The molecule has 2 heterocycles. The standard InChI is InChI=1S/C22H32N4O2S2/c1-6-13-25-20(17-8-10-18(11-9-17)22(3,4)5)23-26(21(25)29)16-24(7-2)19-12-14-30(27,28)15-19/h6,8-11,19H,1,7,12-16H2,2-5H3. The van der Waals surface area contributed by atoms with Crippen molar-refractivity contribution in [1.82, 2.24) is 19.2 Å². The van der Waals surface area contributed by atoms with Crippen molar-refractivity contribution in [3.8, 4) is 11.4 Å². The molecule has 0 saturated carbocycles. The normalized spacial score (nSPS) is 18.8. The topological polar surface area (TPSA) is 60.1 Å². The maximum Gasteiger partial charge on any atom is 0.199 e. The van der Waals surface area contributed by atoms with E-state index in [4.69, 9.17) is 17.3 Å². The van der Waals surface area contributed by atoms with Crippen LogP contribution in [0.3, 0.4) is 0 Å². The Bertz CT molecular complexity index is 1060. The molecule has 6 nitrogen and oxygen atoms in total. The van der Waals surface area contributed by atoms with E-state index in [2.05, 4.69) is 56.5 Å². The van der Waals surface area contributed by atoms with Crippen molar-refractivity contribution in [2.45, 2.75) is 58.8 Å². The van der Waals surface area contributed by atoms with Gasteiger partial charge in [0.15, 0.2) is 20.4 Å². The van der Waals surface area contributed by atoms with Gasteiger partial charge in [0.25, 0.3) is 0 Å². The highest BCUT2D eigenvalue weighted by Gasteiger charge is 2.32. The molecule has 0 spiro atoms. The molecule has 1 saturated heterocycles. The lowest BCUT2D eigenvalue weighted by Gasteiger charge is -2.26. The molecule has 1 aromatic heterocycles. The van der Waals surface area contributed by atoms with E-state index >= 15 is 0 Å². The van der Waals surface area contributed by atoms with Crippen LogP contribution in [0.2, 0.25) is 0 Å². The van der Waals surface area contributed by atoms with Crippen molar-refractivity contribution in [2.24, 2.45) is 0 Å². The van der Waals surface area contributed by atoms with Crippen LogP contribution in [0, 0.1) is 4.77 Å². The lowest BCUT2D eigenvalue weighted by atomic mass is 9.87. The largest absolute Gasteiger partial charge is 0.296 e. The van der Waals surface area contributed by atoms with Gasteiger partial charge in [-0.15, -0.1) is 6.58 Å². The first kappa shape index (κ1) is 22.9. The Morgan fingerprint density at radius 1 is 1.30 bits per heavy atom. The maximum atomic E-state index is 11.9. The molecule has 3 rings (SSSR count). The van der Waals surface area contributed by atoms with Crippen molar-refractivity contribution in [3.63, 3.8) is 0 Å². The molecular weight excluding hydrogens is 416 g/mol. The van der Waals surface area contributed by atoms with Crippen molar-refractivity contribution < 1.29 is 8.42 Å². The average molecular weight is 449 g/mol. The summed E-state index contributed by atoms with van der Waals surface area (Å²) in [4.78, 5) is 2.15. The highest BCUT2D eigenvalue weighted by Crippen LogP contribution is 2.26. The van der Waals surface area contributed by atoms with E-state index in [0.717, 1.165) is 17.9 Å². The van der Waals surface area contributed by atoms with Gasteiger partial charge in [0.05, 0.1) is 18.2 Å². The number of benzene rings is 1.